The predicted octanol–water partition coefficient (Wildman–Crippen LogP) is 12.9. The number of carboxylic acids is 2. The van der Waals surface area contributed by atoms with Crippen LogP contribution in [0.2, 0.25) is 0 Å². The van der Waals surface area contributed by atoms with Gasteiger partial charge in [-0.15, -0.1) is 0 Å². The Bertz CT molecular complexity index is 785. The molecule has 4 nitrogen and oxygen atoms in total. The molecule has 0 aliphatic heterocycles. The summed E-state index contributed by atoms with van der Waals surface area (Å²) in [6.45, 7) is 4.52. The zero-order chi connectivity index (χ0) is 32.6. The van der Waals surface area contributed by atoms with Crippen molar-refractivity contribution < 1.29 is 19.8 Å². The Morgan fingerprint density at radius 1 is 0.409 bits per heavy atom. The summed E-state index contributed by atoms with van der Waals surface area (Å²) in [6, 6.07) is 0. The van der Waals surface area contributed by atoms with Crippen LogP contribution in [0.25, 0.3) is 0 Å². The molecule has 44 heavy (non-hydrogen) atoms. The number of hydrogen-bond donors (Lipinski definition) is 2. The second kappa shape index (κ2) is 40.4. The zero-order valence-corrected chi connectivity index (χ0v) is 28.6. The molecule has 0 saturated heterocycles. The van der Waals surface area contributed by atoms with E-state index < -0.39 is 11.9 Å². The van der Waals surface area contributed by atoms with E-state index >= 15 is 0 Å². The molecule has 0 bridgehead atoms. The standard InChI is InChI=1S/C22H32O2.C18H36O2/c1-2-3-4-5-6-7-8-9-10-11-12-13-14-15-16-17-18-19-20-21-22(23)24;1-2-3-4-5-6-7-8-9-10-11-12-13-14-15-16-17-18(19)20/h10-21H,2-9H2,1H3,(H,23,24);2-17H2,1H3,(H,19,20)/b11-10+,13-12+,15-14+,17-16+,19-18+,21-20+;. The van der Waals surface area contributed by atoms with E-state index in [1.54, 1.807) is 12.2 Å². The molecule has 0 aliphatic carbocycles. The number of rotatable bonds is 30. The second-order valence-electron chi connectivity index (χ2n) is 11.7. The lowest BCUT2D eigenvalue weighted by Gasteiger charge is -2.03. The first-order chi connectivity index (χ1) is 21.5. The van der Waals surface area contributed by atoms with Gasteiger partial charge in [-0.25, -0.2) is 4.79 Å². The lowest BCUT2D eigenvalue weighted by Crippen LogP contribution is -1.93. The molecular weight excluding hydrogens is 544 g/mol. The van der Waals surface area contributed by atoms with Crippen LogP contribution in [0, 0.1) is 0 Å². The van der Waals surface area contributed by atoms with E-state index in [-0.39, 0.29) is 0 Å². The third kappa shape index (κ3) is 46.3. The van der Waals surface area contributed by atoms with Gasteiger partial charge >= 0.3 is 11.9 Å². The van der Waals surface area contributed by atoms with Crippen LogP contribution in [0.4, 0.5) is 0 Å². The number of carbonyl (C=O) groups is 2. The van der Waals surface area contributed by atoms with Gasteiger partial charge in [0.1, 0.15) is 0 Å². The van der Waals surface area contributed by atoms with Crippen LogP contribution in [0.1, 0.15) is 168 Å². The number of hydrogen-bond acceptors (Lipinski definition) is 2. The van der Waals surface area contributed by atoms with Gasteiger partial charge in [-0.2, -0.15) is 0 Å². The molecule has 0 rings (SSSR count). The predicted molar refractivity (Wildman–Crippen MR) is 192 cm³/mol. The van der Waals surface area contributed by atoms with Gasteiger partial charge in [0.05, 0.1) is 0 Å². The molecule has 252 valence electrons. The van der Waals surface area contributed by atoms with Gasteiger partial charge in [0.25, 0.3) is 0 Å². The van der Waals surface area contributed by atoms with Gasteiger partial charge < -0.3 is 10.2 Å². The molecule has 0 aliphatic rings. The van der Waals surface area contributed by atoms with Crippen LogP contribution in [-0.4, -0.2) is 22.2 Å². The van der Waals surface area contributed by atoms with Crippen LogP contribution in [-0.2, 0) is 9.59 Å². The van der Waals surface area contributed by atoms with Crippen LogP contribution in [0.15, 0.2) is 72.9 Å². The van der Waals surface area contributed by atoms with E-state index in [0.29, 0.717) is 6.42 Å². The fraction of sp³-hybridized carbons (Fsp3) is 0.650. The van der Waals surface area contributed by atoms with Crippen molar-refractivity contribution in [3.8, 4) is 0 Å². The lowest BCUT2D eigenvalue weighted by molar-refractivity contribution is -0.137. The van der Waals surface area contributed by atoms with E-state index in [0.717, 1.165) is 25.3 Å². The highest BCUT2D eigenvalue weighted by molar-refractivity contribution is 5.80. The Kier molecular flexibility index (Phi) is 39.9. The minimum absolute atomic E-state index is 0.345. The maximum atomic E-state index is 10.3. The van der Waals surface area contributed by atoms with Crippen molar-refractivity contribution in [3.05, 3.63) is 72.9 Å². The molecule has 0 aromatic heterocycles. The Balaban J connectivity index is 0. The van der Waals surface area contributed by atoms with Crippen LogP contribution >= 0.6 is 0 Å². The number of carboxylic acid groups (broad SMARTS) is 2. The summed E-state index contributed by atoms with van der Waals surface area (Å²) in [4.78, 5) is 20.6. The maximum Gasteiger partial charge on any atom is 0.328 e. The van der Waals surface area contributed by atoms with Gasteiger partial charge in [-0.3, -0.25) is 4.79 Å². The van der Waals surface area contributed by atoms with E-state index in [1.165, 1.54) is 134 Å². The van der Waals surface area contributed by atoms with Crippen LogP contribution in [0.5, 0.6) is 0 Å². The molecular formula is C40H68O4. The summed E-state index contributed by atoms with van der Waals surface area (Å²) in [7, 11) is 0. The highest BCUT2D eigenvalue weighted by Gasteiger charge is 1.97. The molecule has 0 spiro atoms. The molecule has 0 aromatic carbocycles. The summed E-state index contributed by atoms with van der Waals surface area (Å²) in [5.41, 5.74) is 0. The maximum absolute atomic E-state index is 10.3. The minimum Gasteiger partial charge on any atom is -0.481 e. The summed E-state index contributed by atoms with van der Waals surface area (Å²) < 4.78 is 0. The Labute approximate surface area is 272 Å². The van der Waals surface area contributed by atoms with Gasteiger partial charge in [0.15, 0.2) is 0 Å². The third-order valence-corrected chi connectivity index (χ3v) is 7.34. The number of aliphatic carboxylic acids is 2. The van der Waals surface area contributed by atoms with Crippen LogP contribution in [0.3, 0.4) is 0 Å². The summed E-state index contributed by atoms with van der Waals surface area (Å²) >= 11 is 0. The third-order valence-electron chi connectivity index (χ3n) is 7.34. The van der Waals surface area contributed by atoms with Crippen molar-refractivity contribution in [2.24, 2.45) is 0 Å². The van der Waals surface area contributed by atoms with Crippen molar-refractivity contribution in [1.29, 1.82) is 0 Å². The van der Waals surface area contributed by atoms with Crippen LogP contribution < -0.4 is 0 Å². The highest BCUT2D eigenvalue weighted by atomic mass is 16.4. The number of unbranched alkanes of at least 4 members (excludes halogenated alkanes) is 21. The van der Waals surface area contributed by atoms with Crippen molar-refractivity contribution >= 4 is 11.9 Å². The molecule has 0 amide bonds. The zero-order valence-electron chi connectivity index (χ0n) is 28.6. The van der Waals surface area contributed by atoms with Gasteiger partial charge in [-0.05, 0) is 19.3 Å². The molecule has 2 N–H and O–H groups in total. The van der Waals surface area contributed by atoms with E-state index in [2.05, 4.69) is 26.0 Å². The fourth-order valence-electron chi connectivity index (χ4n) is 4.69. The van der Waals surface area contributed by atoms with E-state index in [9.17, 15) is 9.59 Å². The smallest absolute Gasteiger partial charge is 0.328 e. The first-order valence-electron chi connectivity index (χ1n) is 18.0. The number of allylic oxidation sites excluding steroid dienone is 11. The molecule has 0 radical (unpaired) electrons. The largest absolute Gasteiger partial charge is 0.481 e. The second-order valence-corrected chi connectivity index (χ2v) is 11.7. The molecule has 0 unspecified atom stereocenters. The molecule has 4 heteroatoms. The summed E-state index contributed by atoms with van der Waals surface area (Å²) in [6.07, 6.45) is 52.9. The van der Waals surface area contributed by atoms with Gasteiger partial charge in [0.2, 0.25) is 0 Å². The molecule has 0 saturated carbocycles. The fourth-order valence-corrected chi connectivity index (χ4v) is 4.69. The Morgan fingerprint density at radius 3 is 1.09 bits per heavy atom. The molecule has 0 heterocycles. The highest BCUT2D eigenvalue weighted by Crippen LogP contribution is 2.13. The monoisotopic (exact) mass is 613 g/mol. The first-order valence-corrected chi connectivity index (χ1v) is 18.0. The summed E-state index contributed by atoms with van der Waals surface area (Å²) in [5, 5.41) is 16.9. The van der Waals surface area contributed by atoms with E-state index in [4.69, 9.17) is 10.2 Å². The van der Waals surface area contributed by atoms with Crippen molar-refractivity contribution in [2.75, 3.05) is 0 Å². The SMILES string of the molecule is CCCCCCCCC/C=C/C=C/C=C/C=C/C=C/C=C/C(=O)O.CCCCCCCCCCCCCCCCCC(=O)O. The average molecular weight is 613 g/mol. The minimum atomic E-state index is -0.936. The lowest BCUT2D eigenvalue weighted by atomic mass is 10.0. The topological polar surface area (TPSA) is 74.6 Å². The van der Waals surface area contributed by atoms with Crippen molar-refractivity contribution in [2.45, 2.75) is 168 Å². The molecule has 0 atom stereocenters. The molecule has 0 fully saturated rings. The first kappa shape index (κ1) is 43.5. The summed E-state index contributed by atoms with van der Waals surface area (Å²) in [5.74, 6) is -1.59. The average Bonchev–Trinajstić information content (AvgIpc) is 3.00. The van der Waals surface area contributed by atoms with E-state index in [1.807, 2.05) is 36.5 Å². The van der Waals surface area contributed by atoms with Gasteiger partial charge in [0, 0.05) is 12.5 Å². The Hall–Kier alpha value is -2.62. The quantitative estimate of drug-likeness (QED) is 0.0481. The Morgan fingerprint density at radius 2 is 0.727 bits per heavy atom. The van der Waals surface area contributed by atoms with Crippen molar-refractivity contribution in [1.82, 2.24) is 0 Å². The van der Waals surface area contributed by atoms with Crippen molar-refractivity contribution in [3.63, 3.8) is 0 Å². The van der Waals surface area contributed by atoms with Gasteiger partial charge in [-0.1, -0.05) is 209 Å². The normalized spacial score (nSPS) is 12.0. The molecule has 0 aromatic rings.